The minimum absolute atomic E-state index is 0.00965. The highest BCUT2D eigenvalue weighted by Crippen LogP contribution is 2.22. The van der Waals surface area contributed by atoms with Crippen molar-refractivity contribution in [1.82, 2.24) is 19.8 Å². The molecule has 2 amide bonds. The predicted octanol–water partition coefficient (Wildman–Crippen LogP) is 1.90. The zero-order valence-electron chi connectivity index (χ0n) is 13.3. The van der Waals surface area contributed by atoms with E-state index in [-0.39, 0.29) is 18.4 Å². The second-order valence-corrected chi connectivity index (χ2v) is 6.58. The SMILES string of the molecule is Cc1cc(C(=O)NCC(=O)N2CCCC2)c(C)n1-c1nccs1. The van der Waals surface area contributed by atoms with E-state index >= 15 is 0 Å². The van der Waals surface area contributed by atoms with Gasteiger partial charge in [-0.05, 0) is 32.8 Å². The fraction of sp³-hybridized carbons (Fsp3) is 0.438. The Bertz CT molecular complexity index is 715. The molecule has 1 aliphatic rings. The van der Waals surface area contributed by atoms with Crippen LogP contribution in [0.5, 0.6) is 0 Å². The number of hydrogen-bond acceptors (Lipinski definition) is 4. The second-order valence-electron chi connectivity index (χ2n) is 5.71. The Labute approximate surface area is 139 Å². The maximum atomic E-state index is 12.4. The average molecular weight is 332 g/mol. The number of aryl methyl sites for hydroxylation is 1. The summed E-state index contributed by atoms with van der Waals surface area (Å²) in [4.78, 5) is 30.5. The Morgan fingerprint density at radius 1 is 1.30 bits per heavy atom. The summed E-state index contributed by atoms with van der Waals surface area (Å²) in [5.74, 6) is -0.224. The largest absolute Gasteiger partial charge is 0.343 e. The Kier molecular flexibility index (Phi) is 4.47. The van der Waals surface area contributed by atoms with E-state index in [0.29, 0.717) is 5.56 Å². The number of likely N-dealkylation sites (tertiary alicyclic amines) is 1. The number of aromatic nitrogens is 2. The Morgan fingerprint density at radius 2 is 2.04 bits per heavy atom. The average Bonchev–Trinajstić information content (AvgIpc) is 3.25. The zero-order chi connectivity index (χ0) is 16.4. The van der Waals surface area contributed by atoms with Gasteiger partial charge in [0.2, 0.25) is 5.91 Å². The van der Waals surface area contributed by atoms with Crippen LogP contribution >= 0.6 is 11.3 Å². The van der Waals surface area contributed by atoms with Gasteiger partial charge in [-0.25, -0.2) is 4.98 Å². The zero-order valence-corrected chi connectivity index (χ0v) is 14.2. The smallest absolute Gasteiger partial charge is 0.253 e. The molecule has 0 unspecified atom stereocenters. The molecule has 3 heterocycles. The van der Waals surface area contributed by atoms with Crippen LogP contribution in [0.15, 0.2) is 17.6 Å². The summed E-state index contributed by atoms with van der Waals surface area (Å²) in [6.07, 6.45) is 3.84. The predicted molar refractivity (Wildman–Crippen MR) is 89.1 cm³/mol. The molecule has 1 aliphatic heterocycles. The van der Waals surface area contributed by atoms with Crippen LogP contribution < -0.4 is 5.32 Å². The van der Waals surface area contributed by atoms with E-state index in [1.165, 1.54) is 11.3 Å². The minimum Gasteiger partial charge on any atom is -0.343 e. The van der Waals surface area contributed by atoms with Gasteiger partial charge in [-0.1, -0.05) is 0 Å². The molecule has 0 saturated carbocycles. The molecule has 0 bridgehead atoms. The molecule has 0 spiro atoms. The molecule has 23 heavy (non-hydrogen) atoms. The van der Waals surface area contributed by atoms with Gasteiger partial charge in [0.1, 0.15) is 0 Å². The third-order valence-electron chi connectivity index (χ3n) is 4.15. The topological polar surface area (TPSA) is 67.2 Å². The number of rotatable bonds is 4. The molecule has 1 fully saturated rings. The molecule has 1 N–H and O–H groups in total. The van der Waals surface area contributed by atoms with Crippen molar-refractivity contribution in [3.05, 3.63) is 34.6 Å². The van der Waals surface area contributed by atoms with Crippen LogP contribution in [-0.4, -0.2) is 45.9 Å². The summed E-state index contributed by atoms with van der Waals surface area (Å²) in [7, 11) is 0. The van der Waals surface area contributed by atoms with Gasteiger partial charge in [0, 0.05) is 36.1 Å². The van der Waals surface area contributed by atoms with Crippen LogP contribution in [0.3, 0.4) is 0 Å². The molecule has 0 atom stereocenters. The first kappa shape index (κ1) is 15.7. The summed E-state index contributed by atoms with van der Waals surface area (Å²) in [6, 6.07) is 1.84. The Morgan fingerprint density at radius 3 is 2.70 bits per heavy atom. The van der Waals surface area contributed by atoms with E-state index in [9.17, 15) is 9.59 Å². The molecular weight excluding hydrogens is 312 g/mol. The van der Waals surface area contributed by atoms with Gasteiger partial charge in [0.25, 0.3) is 5.91 Å². The number of amides is 2. The second kappa shape index (κ2) is 6.54. The summed E-state index contributed by atoms with van der Waals surface area (Å²) in [5.41, 5.74) is 2.38. The lowest BCUT2D eigenvalue weighted by atomic mass is 10.2. The molecule has 7 heteroatoms. The molecule has 0 aliphatic carbocycles. The first-order chi connectivity index (χ1) is 11.1. The number of hydrogen-bond donors (Lipinski definition) is 1. The van der Waals surface area contributed by atoms with Gasteiger partial charge in [-0.3, -0.25) is 14.2 Å². The first-order valence-corrected chi connectivity index (χ1v) is 8.60. The lowest BCUT2D eigenvalue weighted by Gasteiger charge is -2.15. The normalized spacial score (nSPS) is 14.3. The van der Waals surface area contributed by atoms with E-state index < -0.39 is 0 Å². The third kappa shape index (κ3) is 3.14. The van der Waals surface area contributed by atoms with Crippen LogP contribution in [0.4, 0.5) is 0 Å². The van der Waals surface area contributed by atoms with E-state index in [4.69, 9.17) is 0 Å². The van der Waals surface area contributed by atoms with Gasteiger partial charge in [0.05, 0.1) is 12.1 Å². The van der Waals surface area contributed by atoms with Gasteiger partial charge in [-0.15, -0.1) is 11.3 Å². The number of carbonyl (C=O) groups is 2. The van der Waals surface area contributed by atoms with Crippen molar-refractivity contribution in [1.29, 1.82) is 0 Å². The quantitative estimate of drug-likeness (QED) is 0.930. The Hall–Kier alpha value is -2.15. The van der Waals surface area contributed by atoms with E-state index in [0.717, 1.165) is 42.5 Å². The maximum Gasteiger partial charge on any atom is 0.253 e. The van der Waals surface area contributed by atoms with Crippen LogP contribution in [0.2, 0.25) is 0 Å². The molecule has 3 rings (SSSR count). The maximum absolute atomic E-state index is 12.4. The van der Waals surface area contributed by atoms with Crippen molar-refractivity contribution in [3.8, 4) is 5.13 Å². The van der Waals surface area contributed by atoms with Gasteiger partial charge < -0.3 is 10.2 Å². The molecule has 2 aromatic heterocycles. The monoisotopic (exact) mass is 332 g/mol. The molecule has 122 valence electrons. The fourth-order valence-electron chi connectivity index (χ4n) is 2.94. The van der Waals surface area contributed by atoms with Crippen LogP contribution in [-0.2, 0) is 4.79 Å². The third-order valence-corrected chi connectivity index (χ3v) is 4.90. The Balaban J connectivity index is 1.70. The highest BCUT2D eigenvalue weighted by atomic mass is 32.1. The van der Waals surface area contributed by atoms with E-state index in [1.54, 1.807) is 11.1 Å². The highest BCUT2D eigenvalue weighted by Gasteiger charge is 2.21. The molecule has 0 aromatic carbocycles. The van der Waals surface area contributed by atoms with Crippen LogP contribution in [0.1, 0.15) is 34.6 Å². The molecule has 1 saturated heterocycles. The van der Waals surface area contributed by atoms with Crippen molar-refractivity contribution >= 4 is 23.2 Å². The molecular formula is C16H20N4O2S. The number of thiazole rings is 1. The molecule has 6 nitrogen and oxygen atoms in total. The van der Waals surface area contributed by atoms with Gasteiger partial charge in [0.15, 0.2) is 5.13 Å². The first-order valence-electron chi connectivity index (χ1n) is 7.72. The van der Waals surface area contributed by atoms with Crippen LogP contribution in [0, 0.1) is 13.8 Å². The standard InChI is InChI=1S/C16H20N4O2S/c1-11-9-13(12(2)20(11)16-17-5-8-23-16)15(22)18-10-14(21)19-6-3-4-7-19/h5,8-9H,3-4,6-7,10H2,1-2H3,(H,18,22). The minimum atomic E-state index is -0.214. The van der Waals surface area contributed by atoms with Crippen molar-refractivity contribution in [2.24, 2.45) is 0 Å². The van der Waals surface area contributed by atoms with E-state index in [1.807, 2.05) is 29.9 Å². The number of nitrogens with zero attached hydrogens (tertiary/aromatic N) is 3. The lowest BCUT2D eigenvalue weighted by molar-refractivity contribution is -0.129. The van der Waals surface area contributed by atoms with Crippen LogP contribution in [0.25, 0.3) is 5.13 Å². The summed E-state index contributed by atoms with van der Waals surface area (Å²) in [6.45, 7) is 5.49. The summed E-state index contributed by atoms with van der Waals surface area (Å²) >= 11 is 1.52. The number of carbonyl (C=O) groups excluding carboxylic acids is 2. The summed E-state index contributed by atoms with van der Waals surface area (Å²) in [5, 5.41) is 5.49. The van der Waals surface area contributed by atoms with Crippen molar-refractivity contribution in [2.45, 2.75) is 26.7 Å². The molecule has 2 aromatic rings. The number of nitrogens with one attached hydrogen (secondary N) is 1. The lowest BCUT2D eigenvalue weighted by Crippen LogP contribution is -2.38. The van der Waals surface area contributed by atoms with Crippen molar-refractivity contribution < 1.29 is 9.59 Å². The highest BCUT2D eigenvalue weighted by molar-refractivity contribution is 7.12. The fourth-order valence-corrected chi connectivity index (χ4v) is 3.69. The van der Waals surface area contributed by atoms with Crippen molar-refractivity contribution in [2.75, 3.05) is 19.6 Å². The van der Waals surface area contributed by atoms with Gasteiger partial charge >= 0.3 is 0 Å². The van der Waals surface area contributed by atoms with Gasteiger partial charge in [-0.2, -0.15) is 0 Å². The van der Waals surface area contributed by atoms with E-state index in [2.05, 4.69) is 10.3 Å². The molecule has 0 radical (unpaired) electrons. The summed E-state index contributed by atoms with van der Waals surface area (Å²) < 4.78 is 1.96. The van der Waals surface area contributed by atoms with Crippen molar-refractivity contribution in [3.63, 3.8) is 0 Å².